The Morgan fingerprint density at radius 3 is 3.04 bits per heavy atom. The van der Waals surface area contributed by atoms with E-state index in [4.69, 9.17) is 4.42 Å². The van der Waals surface area contributed by atoms with Crippen molar-refractivity contribution in [1.29, 1.82) is 0 Å². The fourth-order valence-electron chi connectivity index (χ4n) is 2.17. The third-order valence-electron chi connectivity index (χ3n) is 3.27. The first kappa shape index (κ1) is 15.2. The minimum atomic E-state index is -0.711. The molecule has 0 spiro atoms. The summed E-state index contributed by atoms with van der Waals surface area (Å²) in [6.45, 7) is 0.0746. The first-order valence-corrected chi connectivity index (χ1v) is 7.71. The third-order valence-corrected chi connectivity index (χ3v) is 3.87. The van der Waals surface area contributed by atoms with Crippen molar-refractivity contribution in [2.24, 2.45) is 0 Å². The van der Waals surface area contributed by atoms with Gasteiger partial charge in [0.05, 0.1) is 12.8 Å². The first-order chi connectivity index (χ1) is 11.1. The summed E-state index contributed by atoms with van der Waals surface area (Å²) in [5.41, 5.74) is 1.50. The van der Waals surface area contributed by atoms with Crippen molar-refractivity contribution >= 4 is 34.3 Å². The van der Waals surface area contributed by atoms with Crippen molar-refractivity contribution in [2.45, 2.75) is 25.4 Å². The minimum absolute atomic E-state index is 0.0746. The molecule has 1 fully saturated rings. The van der Waals surface area contributed by atoms with E-state index in [2.05, 4.69) is 20.8 Å². The Morgan fingerprint density at radius 2 is 2.35 bits per heavy atom. The van der Waals surface area contributed by atoms with Crippen molar-refractivity contribution in [2.75, 3.05) is 5.32 Å². The molecule has 120 valence electrons. The average Bonchev–Trinajstić information content (AvgIpc) is 3.25. The molecule has 4 amide bonds. The van der Waals surface area contributed by atoms with Crippen LogP contribution in [0.25, 0.3) is 0 Å². The normalized spacial score (nSPS) is 17.4. The molecular weight excluding hydrogens is 322 g/mol. The summed E-state index contributed by atoms with van der Waals surface area (Å²) in [5.74, 6) is -0.133. The minimum Gasteiger partial charge on any atom is -0.467 e. The van der Waals surface area contributed by atoms with Gasteiger partial charge in [-0.05, 0) is 18.6 Å². The molecule has 1 atom stereocenters. The summed E-state index contributed by atoms with van der Waals surface area (Å²) >= 11 is 1.20. The van der Waals surface area contributed by atoms with Gasteiger partial charge in [0.25, 0.3) is 5.91 Å². The van der Waals surface area contributed by atoms with E-state index in [1.54, 1.807) is 12.1 Å². The first-order valence-electron chi connectivity index (χ1n) is 6.84. The Labute approximate surface area is 134 Å². The monoisotopic (exact) mass is 335 g/mol. The quantitative estimate of drug-likeness (QED) is 0.760. The summed E-state index contributed by atoms with van der Waals surface area (Å²) in [7, 11) is 0. The number of nitrogens with zero attached hydrogens (tertiary/aromatic N) is 3. The van der Waals surface area contributed by atoms with Gasteiger partial charge in [0, 0.05) is 6.42 Å². The van der Waals surface area contributed by atoms with Gasteiger partial charge < -0.3 is 15.1 Å². The standard InChI is InChI=1S/C13H13N5O4S/c19-10(16-12-17-14-7-23-12)4-3-9-11(20)18(13(21)15-9)6-8-2-1-5-22-8/h1-2,5,7,9H,3-4,6H2,(H,15,21)(H,16,17,19)/t9-/m0/s1. The van der Waals surface area contributed by atoms with E-state index in [0.29, 0.717) is 10.9 Å². The zero-order chi connectivity index (χ0) is 16.2. The molecule has 0 bridgehead atoms. The lowest BCUT2D eigenvalue weighted by molar-refractivity contribution is -0.128. The van der Waals surface area contributed by atoms with Gasteiger partial charge in [-0.1, -0.05) is 11.3 Å². The average molecular weight is 335 g/mol. The highest BCUT2D eigenvalue weighted by Gasteiger charge is 2.38. The number of hydrogen-bond donors (Lipinski definition) is 2. The van der Waals surface area contributed by atoms with Gasteiger partial charge in [0.1, 0.15) is 17.3 Å². The predicted octanol–water partition coefficient (Wildman–Crippen LogP) is 0.970. The van der Waals surface area contributed by atoms with Crippen LogP contribution >= 0.6 is 11.3 Å². The second kappa shape index (κ2) is 6.57. The van der Waals surface area contributed by atoms with Gasteiger partial charge >= 0.3 is 6.03 Å². The fraction of sp³-hybridized carbons (Fsp3) is 0.308. The summed E-state index contributed by atoms with van der Waals surface area (Å²) in [5, 5.41) is 12.8. The van der Waals surface area contributed by atoms with Gasteiger partial charge in [-0.15, -0.1) is 10.2 Å². The van der Waals surface area contributed by atoms with Crippen LogP contribution < -0.4 is 10.6 Å². The van der Waals surface area contributed by atoms with E-state index in [1.165, 1.54) is 23.1 Å². The van der Waals surface area contributed by atoms with Crippen LogP contribution in [0, 0.1) is 0 Å². The lowest BCUT2D eigenvalue weighted by Crippen LogP contribution is -2.31. The highest BCUT2D eigenvalue weighted by molar-refractivity contribution is 7.13. The largest absolute Gasteiger partial charge is 0.467 e. The van der Waals surface area contributed by atoms with E-state index in [9.17, 15) is 14.4 Å². The maximum absolute atomic E-state index is 12.2. The number of nitrogens with one attached hydrogen (secondary N) is 2. The maximum Gasteiger partial charge on any atom is 0.325 e. The van der Waals surface area contributed by atoms with Crippen LogP contribution in [0.1, 0.15) is 18.6 Å². The van der Waals surface area contributed by atoms with Crippen LogP contribution in [0.3, 0.4) is 0 Å². The molecule has 2 aromatic heterocycles. The van der Waals surface area contributed by atoms with Crippen LogP contribution in [-0.4, -0.2) is 39.0 Å². The van der Waals surface area contributed by atoms with E-state index in [1.807, 2.05) is 0 Å². The van der Waals surface area contributed by atoms with E-state index in [-0.39, 0.29) is 31.2 Å². The van der Waals surface area contributed by atoms with Crippen molar-refractivity contribution < 1.29 is 18.8 Å². The van der Waals surface area contributed by atoms with Gasteiger partial charge in [0.15, 0.2) is 0 Å². The Bertz CT molecular complexity index is 700. The number of urea groups is 1. The highest BCUT2D eigenvalue weighted by atomic mass is 32.1. The summed E-state index contributed by atoms with van der Waals surface area (Å²) < 4.78 is 5.13. The van der Waals surface area contributed by atoms with Gasteiger partial charge in [0.2, 0.25) is 11.0 Å². The lowest BCUT2D eigenvalue weighted by atomic mass is 10.1. The molecule has 3 heterocycles. The van der Waals surface area contributed by atoms with Crippen LogP contribution in [0.4, 0.5) is 9.93 Å². The molecule has 0 aliphatic carbocycles. The number of aromatic nitrogens is 2. The van der Waals surface area contributed by atoms with Crippen LogP contribution in [0.2, 0.25) is 0 Å². The molecule has 3 rings (SSSR count). The second-order valence-corrected chi connectivity index (χ2v) is 5.67. The van der Waals surface area contributed by atoms with Crippen LogP contribution in [0.5, 0.6) is 0 Å². The Morgan fingerprint density at radius 1 is 1.48 bits per heavy atom. The van der Waals surface area contributed by atoms with Gasteiger partial charge in [-0.3, -0.25) is 14.5 Å². The molecule has 1 aliphatic heterocycles. The third kappa shape index (κ3) is 3.54. The number of carbonyl (C=O) groups is 3. The number of amides is 4. The predicted molar refractivity (Wildman–Crippen MR) is 79.4 cm³/mol. The Hall–Kier alpha value is -2.75. The highest BCUT2D eigenvalue weighted by Crippen LogP contribution is 2.16. The van der Waals surface area contributed by atoms with Crippen molar-refractivity contribution in [3.63, 3.8) is 0 Å². The Kier molecular flexibility index (Phi) is 4.33. The number of furan rings is 1. The maximum atomic E-state index is 12.2. The molecule has 9 nitrogen and oxygen atoms in total. The Balaban J connectivity index is 1.52. The molecule has 10 heteroatoms. The zero-order valence-electron chi connectivity index (χ0n) is 11.9. The summed E-state index contributed by atoms with van der Waals surface area (Å²) in [6.07, 6.45) is 1.78. The molecular formula is C13H13N5O4S. The van der Waals surface area contributed by atoms with Crippen LogP contribution in [0.15, 0.2) is 28.3 Å². The summed E-state index contributed by atoms with van der Waals surface area (Å²) in [6, 6.07) is 2.17. The SMILES string of the molecule is O=C(CC[C@@H]1NC(=O)N(Cc2ccco2)C1=O)Nc1nncs1. The van der Waals surface area contributed by atoms with Crippen molar-refractivity contribution in [1.82, 2.24) is 20.4 Å². The topological polar surface area (TPSA) is 117 Å². The molecule has 2 aromatic rings. The number of imide groups is 1. The molecule has 23 heavy (non-hydrogen) atoms. The number of rotatable bonds is 6. The number of hydrogen-bond acceptors (Lipinski definition) is 7. The van der Waals surface area contributed by atoms with Crippen molar-refractivity contribution in [3.8, 4) is 0 Å². The summed E-state index contributed by atoms with van der Waals surface area (Å²) in [4.78, 5) is 36.9. The fourth-order valence-corrected chi connectivity index (χ4v) is 2.63. The number of anilines is 1. The molecule has 1 aliphatic rings. The van der Waals surface area contributed by atoms with E-state index >= 15 is 0 Å². The molecule has 0 unspecified atom stereocenters. The van der Waals surface area contributed by atoms with Gasteiger partial charge in [-0.2, -0.15) is 0 Å². The number of carbonyl (C=O) groups excluding carboxylic acids is 3. The van der Waals surface area contributed by atoms with Crippen LogP contribution in [-0.2, 0) is 16.1 Å². The van der Waals surface area contributed by atoms with E-state index < -0.39 is 12.1 Å². The van der Waals surface area contributed by atoms with Gasteiger partial charge in [-0.25, -0.2) is 4.79 Å². The molecule has 1 saturated heterocycles. The zero-order valence-corrected chi connectivity index (χ0v) is 12.7. The lowest BCUT2D eigenvalue weighted by Gasteiger charge is -2.11. The second-order valence-electron chi connectivity index (χ2n) is 4.84. The molecule has 0 aromatic carbocycles. The smallest absolute Gasteiger partial charge is 0.325 e. The molecule has 2 N–H and O–H groups in total. The van der Waals surface area contributed by atoms with Crippen molar-refractivity contribution in [3.05, 3.63) is 29.7 Å². The molecule has 0 saturated carbocycles. The molecule has 0 radical (unpaired) electrons. The van der Waals surface area contributed by atoms with E-state index in [0.717, 1.165) is 4.90 Å².